The Hall–Kier alpha value is -2.50. The summed E-state index contributed by atoms with van der Waals surface area (Å²) >= 11 is 9.62. The largest absolute Gasteiger partial charge is 0.349 e. The fraction of sp³-hybridized carbons (Fsp3) is 0.280. The Labute approximate surface area is 226 Å². The van der Waals surface area contributed by atoms with Gasteiger partial charge in [-0.2, -0.15) is 0 Å². The number of amides is 2. The van der Waals surface area contributed by atoms with Crippen LogP contribution in [0.25, 0.3) is 21.7 Å². The highest BCUT2D eigenvalue weighted by Crippen LogP contribution is 2.28. The van der Waals surface area contributed by atoms with E-state index < -0.39 is 0 Å². The molecule has 3 aromatic heterocycles. The molecule has 35 heavy (non-hydrogen) atoms. The fourth-order valence-corrected chi connectivity index (χ4v) is 5.31. The number of aromatic amines is 1. The third kappa shape index (κ3) is 6.02. The van der Waals surface area contributed by atoms with Gasteiger partial charge in [0.05, 0.1) is 27.2 Å². The lowest BCUT2D eigenvalue weighted by Crippen LogP contribution is -2.41. The van der Waals surface area contributed by atoms with Gasteiger partial charge in [0.1, 0.15) is 5.52 Å². The van der Waals surface area contributed by atoms with Crippen LogP contribution < -0.4 is 10.6 Å². The van der Waals surface area contributed by atoms with Crippen LogP contribution in [0.2, 0.25) is 5.02 Å². The van der Waals surface area contributed by atoms with Crippen molar-refractivity contribution >= 4 is 68.5 Å². The summed E-state index contributed by atoms with van der Waals surface area (Å²) in [4.78, 5) is 39.1. The molecule has 0 fully saturated rings. The lowest BCUT2D eigenvalue weighted by Gasteiger charge is -2.27. The van der Waals surface area contributed by atoms with Crippen molar-refractivity contribution in [3.8, 4) is 10.6 Å². The molecule has 0 unspecified atom stereocenters. The maximum Gasteiger partial charge on any atom is 0.261 e. The number of H-pyrrole nitrogens is 1. The smallest absolute Gasteiger partial charge is 0.261 e. The number of halogens is 2. The fourth-order valence-electron chi connectivity index (χ4n) is 3.25. The lowest BCUT2D eigenvalue weighted by molar-refractivity contribution is 0.0910. The zero-order valence-corrected chi connectivity index (χ0v) is 23.4. The van der Waals surface area contributed by atoms with Crippen LogP contribution in [0, 0.1) is 8.99 Å². The number of benzene rings is 1. The maximum absolute atomic E-state index is 12.9. The van der Waals surface area contributed by atoms with Crippen LogP contribution >= 0.6 is 45.5 Å². The Morgan fingerprint density at radius 2 is 1.97 bits per heavy atom. The zero-order valence-electron chi connectivity index (χ0n) is 19.7. The second-order valence-electron chi connectivity index (χ2n) is 9.34. The van der Waals surface area contributed by atoms with Crippen LogP contribution in [0.5, 0.6) is 0 Å². The molecule has 1 atom stereocenters. The maximum atomic E-state index is 12.9. The van der Waals surface area contributed by atoms with Crippen LogP contribution in [-0.4, -0.2) is 32.8 Å². The monoisotopic (exact) mass is 621 g/mol. The Balaban J connectivity index is 1.51. The van der Waals surface area contributed by atoms with Gasteiger partial charge < -0.3 is 15.6 Å². The van der Waals surface area contributed by atoms with Gasteiger partial charge in [-0.25, -0.2) is 9.97 Å². The van der Waals surface area contributed by atoms with E-state index in [9.17, 15) is 9.59 Å². The first-order valence-electron chi connectivity index (χ1n) is 11.0. The summed E-state index contributed by atoms with van der Waals surface area (Å²) in [6.07, 6.45) is 3.27. The van der Waals surface area contributed by atoms with E-state index in [-0.39, 0.29) is 23.3 Å². The molecule has 0 saturated heterocycles. The molecular formula is C25H25ClIN5O2S. The summed E-state index contributed by atoms with van der Waals surface area (Å²) in [5.74, 6) is -0.379. The minimum Gasteiger partial charge on any atom is -0.349 e. The lowest BCUT2D eigenvalue weighted by atomic mass is 9.88. The normalized spacial score (nSPS) is 12.5. The third-order valence-electron chi connectivity index (χ3n) is 5.73. The van der Waals surface area contributed by atoms with Gasteiger partial charge in [0.2, 0.25) is 0 Å². The molecule has 0 bridgehead atoms. The van der Waals surface area contributed by atoms with E-state index in [1.807, 2.05) is 31.2 Å². The van der Waals surface area contributed by atoms with E-state index in [4.69, 9.17) is 16.6 Å². The average Bonchev–Trinajstić information content (AvgIpc) is 3.43. The van der Waals surface area contributed by atoms with Crippen LogP contribution in [0.15, 0.2) is 42.7 Å². The van der Waals surface area contributed by atoms with Gasteiger partial charge in [-0.3, -0.25) is 9.59 Å². The number of rotatable bonds is 6. The Kier molecular flexibility index (Phi) is 7.48. The quantitative estimate of drug-likeness (QED) is 0.229. The van der Waals surface area contributed by atoms with E-state index in [0.717, 1.165) is 14.0 Å². The van der Waals surface area contributed by atoms with Gasteiger partial charge >= 0.3 is 0 Å². The van der Waals surface area contributed by atoms with Gasteiger partial charge in [0.15, 0.2) is 5.65 Å². The SMILES string of the molecule is C[C@H](NC(=O)c1c[nH]c2ncc(-c3ccc(C(=O)NCc4cc(Cl)cc(I)c4)s3)nc12)C(C)(C)C. The topological polar surface area (TPSA) is 99.8 Å². The van der Waals surface area contributed by atoms with Crippen LogP contribution in [-0.2, 0) is 6.54 Å². The number of hydrogen-bond acceptors (Lipinski definition) is 5. The molecular weight excluding hydrogens is 597 g/mol. The van der Waals surface area contributed by atoms with Crippen molar-refractivity contribution in [2.75, 3.05) is 0 Å². The van der Waals surface area contributed by atoms with Crippen molar-refractivity contribution in [2.45, 2.75) is 40.3 Å². The van der Waals surface area contributed by atoms with E-state index in [0.29, 0.717) is 38.9 Å². The van der Waals surface area contributed by atoms with Crippen LogP contribution in [0.3, 0.4) is 0 Å². The van der Waals surface area contributed by atoms with Crippen molar-refractivity contribution in [3.05, 3.63) is 67.3 Å². The molecule has 4 aromatic rings. The van der Waals surface area contributed by atoms with Gasteiger partial charge in [0.25, 0.3) is 11.8 Å². The predicted octanol–water partition coefficient (Wildman–Crippen LogP) is 6.04. The molecule has 0 saturated carbocycles. The van der Waals surface area contributed by atoms with Gasteiger partial charge in [-0.05, 0) is 70.8 Å². The van der Waals surface area contributed by atoms with E-state index in [1.165, 1.54) is 11.3 Å². The number of thiophene rings is 1. The summed E-state index contributed by atoms with van der Waals surface area (Å²) in [5, 5.41) is 6.61. The third-order valence-corrected chi connectivity index (χ3v) is 7.68. The summed E-state index contributed by atoms with van der Waals surface area (Å²) in [6.45, 7) is 8.58. The van der Waals surface area contributed by atoms with Gasteiger partial charge in [0, 0.05) is 27.4 Å². The van der Waals surface area contributed by atoms with Crippen molar-refractivity contribution in [2.24, 2.45) is 5.41 Å². The highest BCUT2D eigenvalue weighted by molar-refractivity contribution is 14.1. The molecule has 3 heterocycles. The molecule has 10 heteroatoms. The van der Waals surface area contributed by atoms with E-state index in [2.05, 4.69) is 64.0 Å². The van der Waals surface area contributed by atoms with Crippen LogP contribution in [0.4, 0.5) is 0 Å². The molecule has 0 aliphatic rings. The average molecular weight is 622 g/mol. The second kappa shape index (κ2) is 10.2. The first-order valence-corrected chi connectivity index (χ1v) is 13.3. The Bertz CT molecular complexity index is 1390. The number of carbonyl (C=O) groups is 2. The minimum absolute atomic E-state index is 0.0233. The van der Waals surface area contributed by atoms with Gasteiger partial charge in [-0.1, -0.05) is 32.4 Å². The number of fused-ring (bicyclic) bond motifs is 1. The highest BCUT2D eigenvalue weighted by Gasteiger charge is 2.24. The Morgan fingerprint density at radius 1 is 1.20 bits per heavy atom. The van der Waals surface area contributed by atoms with Gasteiger partial charge in [-0.15, -0.1) is 11.3 Å². The first kappa shape index (κ1) is 25.6. The Morgan fingerprint density at radius 3 is 2.69 bits per heavy atom. The van der Waals surface area contributed by atoms with Crippen LogP contribution in [0.1, 0.15) is 53.3 Å². The van der Waals surface area contributed by atoms with Crippen molar-refractivity contribution < 1.29 is 9.59 Å². The molecule has 182 valence electrons. The molecule has 1 aromatic carbocycles. The van der Waals surface area contributed by atoms with Crippen molar-refractivity contribution in [1.29, 1.82) is 0 Å². The number of nitrogens with zero attached hydrogens (tertiary/aromatic N) is 2. The number of nitrogens with one attached hydrogen (secondary N) is 3. The summed E-state index contributed by atoms with van der Waals surface area (Å²) < 4.78 is 1.01. The van der Waals surface area contributed by atoms with Crippen molar-refractivity contribution in [1.82, 2.24) is 25.6 Å². The summed E-state index contributed by atoms with van der Waals surface area (Å²) in [7, 11) is 0. The van der Waals surface area contributed by atoms with E-state index in [1.54, 1.807) is 18.5 Å². The number of hydrogen-bond donors (Lipinski definition) is 3. The molecule has 0 aliphatic carbocycles. The van der Waals surface area contributed by atoms with Crippen molar-refractivity contribution in [3.63, 3.8) is 0 Å². The zero-order chi connectivity index (χ0) is 25.3. The summed E-state index contributed by atoms with van der Waals surface area (Å²) in [5.41, 5.74) is 2.93. The summed E-state index contributed by atoms with van der Waals surface area (Å²) in [6, 6.07) is 9.25. The standard InChI is InChI=1S/C25H25ClIN5O2S/c1-13(25(2,3)4)31-23(33)17-11-28-22-21(17)32-18(12-29-22)19-5-6-20(35-19)24(34)30-10-14-7-15(26)9-16(27)8-14/h5-9,11-13H,10H2,1-4H3,(H,28,29)(H,30,34)(H,31,33)/t13-/m0/s1. The predicted molar refractivity (Wildman–Crippen MR) is 149 cm³/mol. The highest BCUT2D eigenvalue weighted by atomic mass is 127. The molecule has 4 rings (SSSR count). The number of aromatic nitrogens is 3. The van der Waals surface area contributed by atoms with E-state index >= 15 is 0 Å². The molecule has 0 spiro atoms. The molecule has 3 N–H and O–H groups in total. The molecule has 0 aliphatic heterocycles. The molecule has 7 nitrogen and oxygen atoms in total. The first-order chi connectivity index (χ1) is 16.5. The number of carbonyl (C=O) groups excluding carboxylic acids is 2. The minimum atomic E-state index is -0.202. The second-order valence-corrected chi connectivity index (χ2v) is 12.1. The molecule has 0 radical (unpaired) electrons. The molecule has 2 amide bonds.